The van der Waals surface area contributed by atoms with Crippen molar-refractivity contribution in [1.82, 2.24) is 0 Å². The van der Waals surface area contributed by atoms with E-state index >= 15 is 0 Å². The molecule has 4 aromatic carbocycles. The lowest BCUT2D eigenvalue weighted by atomic mass is 9.95. The molecule has 180 valence electrons. The van der Waals surface area contributed by atoms with E-state index in [2.05, 4.69) is 76.8 Å². The lowest BCUT2D eigenvalue weighted by molar-refractivity contribution is 0.483. The molecule has 0 aliphatic carbocycles. The van der Waals surface area contributed by atoms with Gasteiger partial charge in [0.25, 0.3) is 10.1 Å². The van der Waals surface area contributed by atoms with Crippen molar-refractivity contribution in [3.05, 3.63) is 115 Å². The topological polar surface area (TPSA) is 54.4 Å². The van der Waals surface area contributed by atoms with Gasteiger partial charge in [-0.25, -0.2) is 0 Å². The third-order valence-corrected chi connectivity index (χ3v) is 10.6. The van der Waals surface area contributed by atoms with Gasteiger partial charge in [-0.2, -0.15) is 8.42 Å². The highest BCUT2D eigenvalue weighted by molar-refractivity contribution is 7.86. The van der Waals surface area contributed by atoms with Crippen molar-refractivity contribution < 1.29 is 13.0 Å². The second kappa shape index (κ2) is 11.6. The van der Waals surface area contributed by atoms with E-state index in [0.717, 1.165) is 24.0 Å². The van der Waals surface area contributed by atoms with Gasteiger partial charge in [0, 0.05) is 5.56 Å². The fourth-order valence-corrected chi connectivity index (χ4v) is 8.45. The van der Waals surface area contributed by atoms with Crippen LogP contribution in [0.25, 0.3) is 11.1 Å². The molecule has 0 aliphatic heterocycles. The minimum atomic E-state index is -4.36. The van der Waals surface area contributed by atoms with Crippen LogP contribution in [0, 0.1) is 0 Å². The van der Waals surface area contributed by atoms with E-state index in [9.17, 15) is 13.0 Å². The third-order valence-electron chi connectivity index (χ3n) is 6.20. The first-order chi connectivity index (χ1) is 16.9. The molecule has 35 heavy (non-hydrogen) atoms. The molecule has 0 radical (unpaired) electrons. The minimum Gasteiger partial charge on any atom is -0.282 e. The maximum Gasteiger partial charge on any atom is 0.295 e. The molecule has 3 atom stereocenters. The predicted octanol–water partition coefficient (Wildman–Crippen LogP) is 6.82. The molecule has 3 unspecified atom stereocenters. The number of hydrogen-bond acceptors (Lipinski definition) is 2. The first-order valence-corrected chi connectivity index (χ1v) is 15.2. The van der Waals surface area contributed by atoms with Crippen molar-refractivity contribution in [2.24, 2.45) is 0 Å². The lowest BCUT2D eigenvalue weighted by Gasteiger charge is -2.27. The van der Waals surface area contributed by atoms with E-state index < -0.39 is 18.0 Å². The first-order valence-electron chi connectivity index (χ1n) is 11.7. The second-order valence-electron chi connectivity index (χ2n) is 8.64. The van der Waals surface area contributed by atoms with Crippen LogP contribution in [-0.4, -0.2) is 18.6 Å². The Labute approximate surface area is 212 Å². The van der Waals surface area contributed by atoms with E-state index in [-0.39, 0.29) is 10.6 Å². The van der Waals surface area contributed by atoms with E-state index in [1.807, 2.05) is 36.4 Å². The largest absolute Gasteiger partial charge is 0.295 e. The van der Waals surface area contributed by atoms with Crippen molar-refractivity contribution in [1.29, 1.82) is 0 Å². The summed E-state index contributed by atoms with van der Waals surface area (Å²) in [7, 11) is -1.99. The highest BCUT2D eigenvalue weighted by Gasteiger charge is 2.25. The van der Waals surface area contributed by atoms with Gasteiger partial charge in [-0.15, -0.1) is 9.24 Å². The summed E-state index contributed by atoms with van der Waals surface area (Å²) in [6.45, 7) is 2.32. The molecule has 3 nitrogen and oxygen atoms in total. The summed E-state index contributed by atoms with van der Waals surface area (Å²) in [5.74, 6) is 0. The van der Waals surface area contributed by atoms with Crippen molar-refractivity contribution in [2.75, 3.05) is 0 Å². The van der Waals surface area contributed by atoms with Crippen molar-refractivity contribution >= 4 is 37.9 Å². The van der Waals surface area contributed by atoms with Gasteiger partial charge in [-0.1, -0.05) is 110 Å². The lowest BCUT2D eigenvalue weighted by Crippen LogP contribution is -2.20. The minimum absolute atomic E-state index is 0.0396. The van der Waals surface area contributed by atoms with Crippen molar-refractivity contribution in [3.8, 4) is 11.1 Å². The Balaban J connectivity index is 1.63. The molecule has 0 saturated heterocycles. The summed E-state index contributed by atoms with van der Waals surface area (Å²) in [6.07, 6.45) is 1.85. The molecule has 1 N–H and O–H groups in total. The summed E-state index contributed by atoms with van der Waals surface area (Å²) in [6, 6.07) is 36.0. The maximum atomic E-state index is 12.2. The molecule has 6 heteroatoms. The molecule has 0 aliphatic rings. The van der Waals surface area contributed by atoms with Gasteiger partial charge in [0.15, 0.2) is 0 Å². The molecule has 0 heterocycles. The Hall–Kier alpha value is -2.35. The number of rotatable bonds is 9. The van der Waals surface area contributed by atoms with E-state index in [1.165, 1.54) is 16.7 Å². The molecule has 0 amide bonds. The molecule has 0 spiro atoms. The molecule has 0 saturated carbocycles. The zero-order valence-corrected chi connectivity index (χ0v) is 22.5. The zero-order valence-electron chi connectivity index (χ0n) is 19.7. The van der Waals surface area contributed by atoms with Gasteiger partial charge < -0.3 is 0 Å². The molecular weight excluding hydrogens is 490 g/mol. The van der Waals surface area contributed by atoms with Crippen LogP contribution < -0.4 is 10.6 Å². The Morgan fingerprint density at radius 2 is 1.26 bits per heavy atom. The average molecular weight is 521 g/mol. The fourth-order valence-electron chi connectivity index (χ4n) is 4.53. The van der Waals surface area contributed by atoms with Gasteiger partial charge in [0.05, 0.1) is 0 Å². The number of benzene rings is 4. The highest BCUT2D eigenvalue weighted by Crippen LogP contribution is 2.45. The Kier molecular flexibility index (Phi) is 8.52. The quantitative estimate of drug-likeness (QED) is 0.195. The Morgan fingerprint density at radius 1 is 0.743 bits per heavy atom. The first kappa shape index (κ1) is 25.7. The molecule has 0 aromatic heterocycles. The fraction of sp³-hybridized carbons (Fsp3) is 0.172. The number of hydrogen-bond donors (Lipinski definition) is 1. The van der Waals surface area contributed by atoms with E-state index in [4.69, 9.17) is 0 Å². The van der Waals surface area contributed by atoms with E-state index in [1.54, 1.807) is 6.07 Å². The van der Waals surface area contributed by atoms with Crippen LogP contribution in [0.4, 0.5) is 0 Å². The smallest absolute Gasteiger partial charge is 0.282 e. The van der Waals surface area contributed by atoms with Gasteiger partial charge >= 0.3 is 0 Å². The molecular formula is C29H30O3P2S. The van der Waals surface area contributed by atoms with Crippen molar-refractivity contribution in [3.63, 3.8) is 0 Å². The molecule has 0 bridgehead atoms. The van der Waals surface area contributed by atoms with Crippen LogP contribution >= 0.6 is 17.2 Å². The van der Waals surface area contributed by atoms with E-state index in [0.29, 0.717) is 11.2 Å². The average Bonchev–Trinajstić information content (AvgIpc) is 2.88. The Morgan fingerprint density at radius 3 is 1.77 bits per heavy atom. The van der Waals surface area contributed by atoms with Gasteiger partial charge in [0.2, 0.25) is 0 Å². The maximum absolute atomic E-state index is 12.2. The highest BCUT2D eigenvalue weighted by atomic mass is 32.2. The van der Waals surface area contributed by atoms with Crippen LogP contribution in [0.1, 0.15) is 31.0 Å². The summed E-state index contributed by atoms with van der Waals surface area (Å²) in [4.78, 5) is -0.0440. The zero-order chi connectivity index (χ0) is 24.8. The summed E-state index contributed by atoms with van der Waals surface area (Å²) >= 11 is 0. The van der Waals surface area contributed by atoms with Crippen LogP contribution in [0.15, 0.2) is 114 Å². The van der Waals surface area contributed by atoms with Gasteiger partial charge in [-0.05, 0) is 59.9 Å². The summed E-state index contributed by atoms with van der Waals surface area (Å²) in [5.41, 5.74) is 2.75. The standard InChI is InChI=1S/C29H30O3P2S/c1-22(34(24-14-7-3-8-15-24)25-16-9-4-10-17-25)20-21-27(33)26-18-11-19-28(35(30,31)32)29(26)23-12-5-2-6-13-23/h2-19,22,27H,20-21,33H2,1H3,(H,30,31,32). The van der Waals surface area contributed by atoms with Gasteiger partial charge in [-0.3, -0.25) is 4.55 Å². The van der Waals surface area contributed by atoms with Crippen LogP contribution in [0.2, 0.25) is 0 Å². The summed E-state index contributed by atoms with van der Waals surface area (Å²) < 4.78 is 34.4. The normalized spacial score (nSPS) is 13.5. The second-order valence-corrected chi connectivity index (χ2v) is 13.5. The predicted molar refractivity (Wildman–Crippen MR) is 152 cm³/mol. The SMILES string of the molecule is CC(CCC(P)c1cccc(S(=O)(=O)O)c1-c1ccccc1)P(c1ccccc1)c1ccccc1. The van der Waals surface area contributed by atoms with Crippen LogP contribution in [-0.2, 0) is 10.1 Å². The molecule has 4 rings (SSSR count). The monoisotopic (exact) mass is 520 g/mol. The van der Waals surface area contributed by atoms with Crippen LogP contribution in [0.5, 0.6) is 0 Å². The van der Waals surface area contributed by atoms with Gasteiger partial charge in [0.1, 0.15) is 4.90 Å². The van der Waals surface area contributed by atoms with Crippen LogP contribution in [0.3, 0.4) is 0 Å². The molecule has 4 aromatic rings. The molecule has 0 fully saturated rings. The Bertz CT molecular complexity index is 1310. The third kappa shape index (κ3) is 6.26. The summed E-state index contributed by atoms with van der Waals surface area (Å²) in [5, 5.41) is 2.72. The van der Waals surface area contributed by atoms with Crippen molar-refractivity contribution in [2.45, 2.75) is 36.0 Å².